The SMILES string of the molecule is Cc1cc(-c2nc3c(cc2Br)NCC(=O)O3)ccc1F. The molecule has 0 fully saturated rings. The number of aryl methyl sites for hydroxylation is 1. The maximum absolute atomic E-state index is 13.3. The van der Waals surface area contributed by atoms with Crippen LogP contribution in [0.5, 0.6) is 5.88 Å². The molecule has 0 saturated carbocycles. The van der Waals surface area contributed by atoms with Crippen LogP contribution in [0.1, 0.15) is 5.56 Å². The van der Waals surface area contributed by atoms with Crippen LogP contribution in [0, 0.1) is 12.7 Å². The molecule has 0 saturated heterocycles. The van der Waals surface area contributed by atoms with Crippen LogP contribution in [0.4, 0.5) is 10.1 Å². The number of anilines is 1. The Morgan fingerprint density at radius 3 is 2.95 bits per heavy atom. The average molecular weight is 337 g/mol. The first-order valence-corrected chi connectivity index (χ1v) is 6.75. The molecule has 0 bridgehead atoms. The largest absolute Gasteiger partial charge is 0.404 e. The van der Waals surface area contributed by atoms with Gasteiger partial charge in [0.15, 0.2) is 0 Å². The standard InChI is InChI=1S/C14H10BrFN2O2/c1-7-4-8(2-3-10(7)16)13-9(15)5-11-14(18-13)20-12(19)6-17-11/h2-5,17H,6H2,1H3. The van der Waals surface area contributed by atoms with Crippen LogP contribution >= 0.6 is 15.9 Å². The number of hydrogen-bond acceptors (Lipinski definition) is 4. The zero-order valence-electron chi connectivity index (χ0n) is 10.5. The number of benzene rings is 1. The van der Waals surface area contributed by atoms with E-state index in [1.165, 1.54) is 6.07 Å². The van der Waals surface area contributed by atoms with Gasteiger partial charge in [-0.1, -0.05) is 0 Å². The first kappa shape index (κ1) is 13.1. The van der Waals surface area contributed by atoms with Gasteiger partial charge in [0.1, 0.15) is 12.4 Å². The van der Waals surface area contributed by atoms with E-state index in [1.54, 1.807) is 25.1 Å². The molecular formula is C14H10BrFN2O2. The monoisotopic (exact) mass is 336 g/mol. The fourth-order valence-corrected chi connectivity index (χ4v) is 2.53. The van der Waals surface area contributed by atoms with Gasteiger partial charge in [-0.3, -0.25) is 0 Å². The van der Waals surface area contributed by atoms with E-state index in [1.807, 2.05) is 0 Å². The molecule has 1 aromatic carbocycles. The van der Waals surface area contributed by atoms with E-state index >= 15 is 0 Å². The lowest BCUT2D eigenvalue weighted by atomic mass is 10.1. The quantitative estimate of drug-likeness (QED) is 0.812. The Bertz CT molecular complexity index is 719. The van der Waals surface area contributed by atoms with Gasteiger partial charge in [0.2, 0.25) is 5.88 Å². The number of fused-ring (bicyclic) bond motifs is 1. The molecule has 4 nitrogen and oxygen atoms in total. The van der Waals surface area contributed by atoms with Gasteiger partial charge in [-0.25, -0.2) is 14.2 Å². The number of carbonyl (C=O) groups is 1. The van der Waals surface area contributed by atoms with Gasteiger partial charge in [-0.05, 0) is 52.7 Å². The number of carbonyl (C=O) groups excluding carboxylic acids is 1. The predicted octanol–water partition coefficient (Wildman–Crippen LogP) is 3.29. The van der Waals surface area contributed by atoms with Gasteiger partial charge in [-0.2, -0.15) is 0 Å². The predicted molar refractivity (Wildman–Crippen MR) is 76.2 cm³/mol. The number of halogens is 2. The summed E-state index contributed by atoms with van der Waals surface area (Å²) in [5.41, 5.74) is 2.53. The molecule has 0 atom stereocenters. The van der Waals surface area contributed by atoms with Gasteiger partial charge >= 0.3 is 5.97 Å². The zero-order chi connectivity index (χ0) is 14.3. The Kier molecular flexibility index (Phi) is 3.17. The van der Waals surface area contributed by atoms with Crippen LogP contribution in [-0.4, -0.2) is 17.5 Å². The zero-order valence-corrected chi connectivity index (χ0v) is 12.1. The number of pyridine rings is 1. The van der Waals surface area contributed by atoms with E-state index in [4.69, 9.17) is 4.74 Å². The Morgan fingerprint density at radius 2 is 2.20 bits per heavy atom. The summed E-state index contributed by atoms with van der Waals surface area (Å²) in [5, 5.41) is 2.93. The molecular weight excluding hydrogens is 327 g/mol. The molecule has 1 aromatic heterocycles. The van der Waals surface area contributed by atoms with Crippen LogP contribution in [0.15, 0.2) is 28.7 Å². The number of hydrogen-bond donors (Lipinski definition) is 1. The number of aromatic nitrogens is 1. The number of ether oxygens (including phenoxy) is 1. The minimum Gasteiger partial charge on any atom is -0.404 e. The Balaban J connectivity index is 2.11. The van der Waals surface area contributed by atoms with Gasteiger partial charge in [0.05, 0.1) is 11.4 Å². The summed E-state index contributed by atoms with van der Waals surface area (Å²) >= 11 is 3.43. The topological polar surface area (TPSA) is 51.2 Å². The van der Waals surface area contributed by atoms with E-state index < -0.39 is 0 Å². The van der Waals surface area contributed by atoms with Crippen LogP contribution in [0.3, 0.4) is 0 Å². The van der Waals surface area contributed by atoms with E-state index in [0.717, 1.165) is 10.0 Å². The Labute approximate surface area is 123 Å². The van der Waals surface area contributed by atoms with Crippen molar-refractivity contribution in [3.05, 3.63) is 40.1 Å². The van der Waals surface area contributed by atoms with Crippen molar-refractivity contribution in [2.45, 2.75) is 6.92 Å². The molecule has 3 rings (SSSR count). The third-order valence-electron chi connectivity index (χ3n) is 3.01. The van der Waals surface area contributed by atoms with E-state index in [0.29, 0.717) is 16.9 Å². The number of nitrogens with one attached hydrogen (secondary N) is 1. The minimum atomic E-state index is -0.381. The second-order valence-corrected chi connectivity index (χ2v) is 5.32. The Morgan fingerprint density at radius 1 is 1.40 bits per heavy atom. The number of rotatable bonds is 1. The fraction of sp³-hybridized carbons (Fsp3) is 0.143. The van der Waals surface area contributed by atoms with Crippen molar-refractivity contribution in [3.8, 4) is 17.1 Å². The van der Waals surface area contributed by atoms with E-state index in [9.17, 15) is 9.18 Å². The maximum atomic E-state index is 13.3. The van der Waals surface area contributed by atoms with Gasteiger partial charge in [0, 0.05) is 10.0 Å². The number of nitrogens with zero attached hydrogens (tertiary/aromatic N) is 1. The van der Waals surface area contributed by atoms with Crippen molar-refractivity contribution in [1.29, 1.82) is 0 Å². The summed E-state index contributed by atoms with van der Waals surface area (Å²) < 4.78 is 19.2. The molecule has 0 spiro atoms. The summed E-state index contributed by atoms with van der Waals surface area (Å²) in [6, 6.07) is 6.53. The normalized spacial score (nSPS) is 13.4. The van der Waals surface area contributed by atoms with Crippen LogP contribution in [0.2, 0.25) is 0 Å². The maximum Gasteiger partial charge on any atom is 0.332 e. The summed E-state index contributed by atoms with van der Waals surface area (Å²) in [6.07, 6.45) is 0. The molecule has 20 heavy (non-hydrogen) atoms. The lowest BCUT2D eigenvalue weighted by Crippen LogP contribution is -2.25. The van der Waals surface area contributed by atoms with E-state index in [2.05, 4.69) is 26.2 Å². The summed E-state index contributed by atoms with van der Waals surface area (Å²) in [7, 11) is 0. The molecule has 1 aliphatic rings. The highest BCUT2D eigenvalue weighted by atomic mass is 79.9. The van der Waals surface area contributed by atoms with Crippen molar-refractivity contribution in [1.82, 2.24) is 4.98 Å². The third kappa shape index (κ3) is 2.27. The lowest BCUT2D eigenvalue weighted by Gasteiger charge is -2.18. The van der Waals surface area contributed by atoms with Gasteiger partial charge < -0.3 is 10.1 Å². The van der Waals surface area contributed by atoms with Crippen molar-refractivity contribution in [2.24, 2.45) is 0 Å². The molecule has 2 heterocycles. The molecule has 2 aromatic rings. The second-order valence-electron chi connectivity index (χ2n) is 4.46. The average Bonchev–Trinajstić information content (AvgIpc) is 2.42. The highest BCUT2D eigenvalue weighted by Crippen LogP contribution is 2.35. The summed E-state index contributed by atoms with van der Waals surface area (Å²) in [5.74, 6) is -0.411. The van der Waals surface area contributed by atoms with Gasteiger partial charge in [-0.15, -0.1) is 0 Å². The third-order valence-corrected chi connectivity index (χ3v) is 3.61. The van der Waals surface area contributed by atoms with Crippen LogP contribution in [0.25, 0.3) is 11.3 Å². The number of esters is 1. The lowest BCUT2D eigenvalue weighted by molar-refractivity contribution is -0.133. The molecule has 102 valence electrons. The van der Waals surface area contributed by atoms with Crippen molar-refractivity contribution in [2.75, 3.05) is 11.9 Å². The highest BCUT2D eigenvalue weighted by Gasteiger charge is 2.20. The smallest absolute Gasteiger partial charge is 0.332 e. The van der Waals surface area contributed by atoms with Gasteiger partial charge in [0.25, 0.3) is 0 Å². The molecule has 0 unspecified atom stereocenters. The first-order chi connectivity index (χ1) is 9.54. The molecule has 6 heteroatoms. The van der Waals surface area contributed by atoms with E-state index in [-0.39, 0.29) is 24.2 Å². The molecule has 1 N–H and O–H groups in total. The van der Waals surface area contributed by atoms with Crippen molar-refractivity contribution < 1.29 is 13.9 Å². The molecule has 0 amide bonds. The summed E-state index contributed by atoms with van der Waals surface area (Å²) in [4.78, 5) is 15.6. The summed E-state index contributed by atoms with van der Waals surface area (Å²) in [6.45, 7) is 1.81. The molecule has 1 aliphatic heterocycles. The van der Waals surface area contributed by atoms with Crippen molar-refractivity contribution in [3.63, 3.8) is 0 Å². The second kappa shape index (κ2) is 4.86. The minimum absolute atomic E-state index is 0.121. The van der Waals surface area contributed by atoms with Crippen LogP contribution < -0.4 is 10.1 Å². The fourth-order valence-electron chi connectivity index (χ4n) is 1.98. The Hall–Kier alpha value is -1.95. The molecule has 0 aliphatic carbocycles. The first-order valence-electron chi connectivity index (χ1n) is 5.96. The van der Waals surface area contributed by atoms with Crippen molar-refractivity contribution >= 4 is 27.6 Å². The van der Waals surface area contributed by atoms with Crippen LogP contribution in [-0.2, 0) is 4.79 Å². The highest BCUT2D eigenvalue weighted by molar-refractivity contribution is 9.10. The molecule has 0 radical (unpaired) electrons.